The van der Waals surface area contributed by atoms with E-state index < -0.39 is 0 Å². The van der Waals surface area contributed by atoms with Gasteiger partial charge in [-0.15, -0.1) is 0 Å². The molecular formula is F2Mn2. The van der Waals surface area contributed by atoms with Gasteiger partial charge in [0.15, 0.2) is 0 Å². The Hall–Kier alpha value is 0.899. The standard InChI is InChI=1S/2FH.2Mn/h2*1H;;/q;;2*+1/p-2. The summed E-state index contributed by atoms with van der Waals surface area (Å²) in [5.74, 6) is 0. The topological polar surface area (TPSA) is 0 Å². The summed E-state index contributed by atoms with van der Waals surface area (Å²) in [7, 11) is 0. The summed E-state index contributed by atoms with van der Waals surface area (Å²) in [5, 5.41) is 0. The molecular weight excluding hydrogens is 148 g/mol. The molecule has 0 N–H and O–H groups in total. The van der Waals surface area contributed by atoms with Crippen molar-refractivity contribution in [3.8, 4) is 0 Å². The molecule has 0 aromatic heterocycles. The van der Waals surface area contributed by atoms with Crippen LogP contribution in [0.5, 0.6) is 0 Å². The first-order valence-corrected chi connectivity index (χ1v) is 1.18. The monoisotopic (exact) mass is 148 g/mol. The maximum absolute atomic E-state index is 9.31. The van der Waals surface area contributed by atoms with Gasteiger partial charge in [-0.05, 0) is 0 Å². The van der Waals surface area contributed by atoms with Gasteiger partial charge >= 0.3 is 40.0 Å². The van der Waals surface area contributed by atoms with E-state index >= 15 is 0 Å². The molecule has 0 amide bonds. The van der Waals surface area contributed by atoms with E-state index in [2.05, 4.69) is 0 Å². The maximum atomic E-state index is 9.31. The molecule has 0 aliphatic heterocycles. The number of hydrogen-bond donors (Lipinski definition) is 0. The van der Waals surface area contributed by atoms with Crippen molar-refractivity contribution in [1.82, 2.24) is 0 Å². The van der Waals surface area contributed by atoms with Gasteiger partial charge in [-0.1, -0.05) is 0 Å². The summed E-state index contributed by atoms with van der Waals surface area (Å²) in [6.07, 6.45) is 0. The average Bonchev–Trinajstić information content (AvgIpc) is 1.50. The van der Waals surface area contributed by atoms with Crippen LogP contribution in [0.4, 0.5) is 7.10 Å². The van der Waals surface area contributed by atoms with Crippen LogP contribution >= 0.6 is 0 Å². The second kappa shape index (κ2) is 40.5. The fraction of sp³-hybridized carbons (Fsp3) is 0. The second-order valence-corrected chi connectivity index (χ2v) is 0. The molecule has 28 valence electrons. The molecule has 0 spiro atoms. The van der Waals surface area contributed by atoms with Crippen LogP contribution in [-0.4, -0.2) is 0 Å². The summed E-state index contributed by atoms with van der Waals surface area (Å²) in [6, 6.07) is 0. The zero-order chi connectivity index (χ0) is 4.00. The average molecular weight is 148 g/mol. The van der Waals surface area contributed by atoms with Crippen LogP contribution in [0.1, 0.15) is 0 Å². The fourth-order valence-electron chi connectivity index (χ4n) is 0. The van der Waals surface area contributed by atoms with Crippen LogP contribution in [-0.2, 0) is 32.9 Å². The van der Waals surface area contributed by atoms with Gasteiger partial charge in [-0.2, -0.15) is 0 Å². The van der Waals surface area contributed by atoms with E-state index in [1.54, 1.807) is 0 Å². The molecule has 0 unspecified atom stereocenters. The number of halogens is 2. The van der Waals surface area contributed by atoms with Crippen molar-refractivity contribution < 1.29 is 40.0 Å². The Kier molecular flexibility index (Phi) is 89.8. The van der Waals surface area contributed by atoms with Crippen LogP contribution in [0.25, 0.3) is 0 Å². The Morgan fingerprint density at radius 1 is 0.750 bits per heavy atom. The van der Waals surface area contributed by atoms with Crippen LogP contribution in [0.15, 0.2) is 0 Å². The van der Waals surface area contributed by atoms with E-state index in [9.17, 15) is 7.10 Å². The Morgan fingerprint density at radius 3 is 0.750 bits per heavy atom. The number of hydrogen-bond acceptors (Lipinski definition) is 0. The zero-order valence-electron chi connectivity index (χ0n) is 1.51. The first kappa shape index (κ1) is 8.86. The third kappa shape index (κ3) is 12.9. The Morgan fingerprint density at radius 2 is 0.750 bits per heavy atom. The second-order valence-electron chi connectivity index (χ2n) is 0. The molecule has 0 saturated carbocycles. The molecule has 0 aliphatic carbocycles. The molecule has 0 atom stereocenters. The van der Waals surface area contributed by atoms with E-state index in [0.717, 1.165) is 0 Å². The van der Waals surface area contributed by atoms with Crippen LogP contribution < -0.4 is 0 Å². The first-order chi connectivity index (χ1) is 2.00. The van der Waals surface area contributed by atoms with Gasteiger partial charge in [-0.3, -0.25) is 0 Å². The Balaban J connectivity index is 0. The van der Waals surface area contributed by atoms with E-state index in [1.165, 1.54) is 32.9 Å². The molecule has 0 radical (unpaired) electrons. The summed E-state index contributed by atoms with van der Waals surface area (Å²) in [6.45, 7) is 0. The molecule has 0 rings (SSSR count). The van der Waals surface area contributed by atoms with Gasteiger partial charge in [-0.25, -0.2) is 0 Å². The van der Waals surface area contributed by atoms with Crippen molar-refractivity contribution >= 4 is 0 Å². The van der Waals surface area contributed by atoms with Gasteiger partial charge in [0.05, 0.1) is 0 Å². The minimum absolute atomic E-state index is 1.44. The van der Waals surface area contributed by atoms with Gasteiger partial charge in [0, 0.05) is 0 Å². The third-order valence-corrected chi connectivity index (χ3v) is 0. The van der Waals surface area contributed by atoms with Crippen molar-refractivity contribution in [1.29, 1.82) is 0 Å². The van der Waals surface area contributed by atoms with E-state index in [4.69, 9.17) is 0 Å². The summed E-state index contributed by atoms with van der Waals surface area (Å²) in [5.41, 5.74) is 0. The van der Waals surface area contributed by atoms with Crippen LogP contribution in [0.2, 0.25) is 0 Å². The quantitative estimate of drug-likeness (QED) is 0.446. The Bertz CT molecular complexity index is 4.00. The Labute approximate surface area is 40.5 Å². The molecule has 0 heterocycles. The predicted molar refractivity (Wildman–Crippen MR) is 2.22 cm³/mol. The molecule has 0 fully saturated rings. The zero-order valence-corrected chi connectivity index (χ0v) is 3.87. The van der Waals surface area contributed by atoms with Crippen molar-refractivity contribution in [2.24, 2.45) is 0 Å². The van der Waals surface area contributed by atoms with E-state index in [-0.39, 0.29) is 0 Å². The predicted octanol–water partition coefficient (Wildman–Crippen LogP) is 0.835. The van der Waals surface area contributed by atoms with Gasteiger partial charge in [0.1, 0.15) is 0 Å². The van der Waals surface area contributed by atoms with Crippen molar-refractivity contribution in [2.75, 3.05) is 0 Å². The molecule has 0 nitrogen and oxygen atoms in total. The summed E-state index contributed by atoms with van der Waals surface area (Å²) < 4.78 is 18.6. The van der Waals surface area contributed by atoms with Gasteiger partial charge < -0.3 is 0 Å². The molecule has 4 heteroatoms. The van der Waals surface area contributed by atoms with Crippen LogP contribution in [0.3, 0.4) is 0 Å². The van der Waals surface area contributed by atoms with Gasteiger partial charge in [0.2, 0.25) is 0 Å². The van der Waals surface area contributed by atoms with Gasteiger partial charge in [0.25, 0.3) is 0 Å². The molecule has 0 aliphatic rings. The summed E-state index contributed by atoms with van der Waals surface area (Å²) >= 11 is 2.88. The fourth-order valence-corrected chi connectivity index (χ4v) is 0. The molecule has 0 saturated heterocycles. The molecule has 4 heavy (non-hydrogen) atoms. The van der Waals surface area contributed by atoms with Crippen LogP contribution in [0, 0.1) is 0 Å². The summed E-state index contributed by atoms with van der Waals surface area (Å²) in [4.78, 5) is 0. The molecule has 0 bridgehead atoms. The molecule has 0 aromatic rings. The number of rotatable bonds is 0. The third-order valence-electron chi connectivity index (χ3n) is 0. The minimum atomic E-state index is 1.44. The van der Waals surface area contributed by atoms with Crippen molar-refractivity contribution in [3.05, 3.63) is 0 Å². The van der Waals surface area contributed by atoms with E-state index in [1.807, 2.05) is 0 Å². The SMILES string of the molecule is [F][Mn].[F][Mn]. The normalized spacial score (nSPS) is 3.00. The van der Waals surface area contributed by atoms with Crippen molar-refractivity contribution in [3.63, 3.8) is 0 Å². The van der Waals surface area contributed by atoms with E-state index in [0.29, 0.717) is 0 Å². The first-order valence-electron chi connectivity index (χ1n) is 0.286. The van der Waals surface area contributed by atoms with Crippen molar-refractivity contribution in [2.45, 2.75) is 0 Å². The molecule has 0 aromatic carbocycles.